The smallest absolute Gasteiger partial charge is 0.132 e. The number of nitrogens with zero attached hydrogens (tertiary/aromatic N) is 1. The lowest BCUT2D eigenvalue weighted by molar-refractivity contribution is 0.0671. The summed E-state index contributed by atoms with van der Waals surface area (Å²) in [6.45, 7) is 4.28. The summed E-state index contributed by atoms with van der Waals surface area (Å²) in [6.07, 6.45) is 6.37. The predicted octanol–water partition coefficient (Wildman–Crippen LogP) is 5.08. The van der Waals surface area contributed by atoms with Crippen LogP contribution in [-0.2, 0) is 11.3 Å². The van der Waals surface area contributed by atoms with Gasteiger partial charge >= 0.3 is 0 Å². The molecule has 1 saturated carbocycles. The van der Waals surface area contributed by atoms with Gasteiger partial charge < -0.3 is 10.2 Å². The van der Waals surface area contributed by atoms with Crippen molar-refractivity contribution in [1.29, 1.82) is 0 Å². The molecule has 0 unspecified atom stereocenters. The Morgan fingerprint density at radius 2 is 1.81 bits per heavy atom. The summed E-state index contributed by atoms with van der Waals surface area (Å²) in [4.78, 5) is 0. The average Bonchev–Trinajstić information content (AvgIpc) is 2.68. The molecule has 1 fully saturated rings. The van der Waals surface area contributed by atoms with Crippen LogP contribution in [0.5, 0.6) is 0 Å². The first-order valence-corrected chi connectivity index (χ1v) is 9.84. The Hall–Kier alpha value is -2.20. The molecule has 3 rings (SSSR count). The fraction of sp³-hybridized carbons (Fsp3) is 0.435. The highest BCUT2D eigenvalue weighted by molar-refractivity contribution is 5.79. The highest BCUT2D eigenvalue weighted by Gasteiger charge is 2.21. The molecule has 4 heteroatoms. The molecule has 0 aromatic heterocycles. The topological polar surface area (TPSA) is 33.6 Å². The van der Waals surface area contributed by atoms with E-state index in [0.717, 1.165) is 18.7 Å². The maximum Gasteiger partial charge on any atom is 0.132 e. The number of aryl methyl sites for hydroxylation is 1. The number of ether oxygens (including phenoxy) is 1. The Bertz CT molecular complexity index is 724. The molecule has 144 valence electrons. The van der Waals surface area contributed by atoms with Crippen LogP contribution in [0.4, 0.5) is 4.39 Å². The fourth-order valence-electron chi connectivity index (χ4n) is 3.55. The maximum absolute atomic E-state index is 13.8. The normalized spacial score (nSPS) is 20.1. The van der Waals surface area contributed by atoms with Crippen LogP contribution < -0.4 is 5.43 Å². The molecule has 0 saturated heterocycles. The summed E-state index contributed by atoms with van der Waals surface area (Å²) >= 11 is 0. The van der Waals surface area contributed by atoms with E-state index in [-0.39, 0.29) is 5.82 Å². The third kappa shape index (κ3) is 6.47. The first-order chi connectivity index (χ1) is 13.2. The minimum atomic E-state index is -0.225. The summed E-state index contributed by atoms with van der Waals surface area (Å²) in [6, 6.07) is 15.5. The minimum absolute atomic E-state index is 0.225. The molecule has 0 aliphatic heterocycles. The number of hydrogen-bond donors (Lipinski definition) is 1. The standard InChI is InChI=1S/C23H29FN2O/c1-18-7-12-22(23(24)13-18)15-26-25-14-19-8-10-21(11-9-19)17-27-16-20-5-3-2-4-6-20/h2-7,12-13,15,19,21,25H,8-11,14,16-17H2,1H3/t19-,21+. The second-order valence-corrected chi connectivity index (χ2v) is 7.53. The largest absolute Gasteiger partial charge is 0.376 e. The number of benzene rings is 2. The number of hydrazone groups is 1. The summed E-state index contributed by atoms with van der Waals surface area (Å²) in [5.41, 5.74) is 5.77. The number of hydrogen-bond acceptors (Lipinski definition) is 3. The van der Waals surface area contributed by atoms with Crippen LogP contribution in [0.25, 0.3) is 0 Å². The van der Waals surface area contributed by atoms with E-state index >= 15 is 0 Å². The van der Waals surface area contributed by atoms with Gasteiger partial charge in [0, 0.05) is 18.7 Å². The van der Waals surface area contributed by atoms with E-state index in [2.05, 4.69) is 22.7 Å². The summed E-state index contributed by atoms with van der Waals surface area (Å²) in [7, 11) is 0. The lowest BCUT2D eigenvalue weighted by Gasteiger charge is -2.28. The van der Waals surface area contributed by atoms with E-state index in [1.165, 1.54) is 37.3 Å². The van der Waals surface area contributed by atoms with Gasteiger partial charge in [-0.2, -0.15) is 5.10 Å². The lowest BCUT2D eigenvalue weighted by atomic mass is 9.82. The SMILES string of the molecule is Cc1ccc(C=NNC[C@H]2CC[C@@H](COCc3ccccc3)CC2)c(F)c1. The summed E-state index contributed by atoms with van der Waals surface area (Å²) < 4.78 is 19.6. The van der Waals surface area contributed by atoms with Crippen molar-refractivity contribution in [3.8, 4) is 0 Å². The van der Waals surface area contributed by atoms with E-state index in [0.29, 0.717) is 24.0 Å². The zero-order valence-electron chi connectivity index (χ0n) is 16.0. The Labute approximate surface area is 161 Å². The Kier molecular flexibility index (Phi) is 7.40. The van der Waals surface area contributed by atoms with Crippen LogP contribution in [0, 0.1) is 24.6 Å². The van der Waals surface area contributed by atoms with Crippen molar-refractivity contribution in [2.75, 3.05) is 13.2 Å². The molecule has 1 aliphatic carbocycles. The van der Waals surface area contributed by atoms with Crippen LogP contribution in [0.15, 0.2) is 53.6 Å². The van der Waals surface area contributed by atoms with Gasteiger partial charge in [0.05, 0.1) is 12.8 Å². The van der Waals surface area contributed by atoms with E-state index in [4.69, 9.17) is 4.74 Å². The summed E-state index contributed by atoms with van der Waals surface area (Å²) in [5.74, 6) is 1.07. The van der Waals surface area contributed by atoms with Gasteiger partial charge in [0.1, 0.15) is 5.82 Å². The third-order valence-corrected chi connectivity index (χ3v) is 5.26. The third-order valence-electron chi connectivity index (χ3n) is 5.26. The van der Waals surface area contributed by atoms with Gasteiger partial charge in [-0.1, -0.05) is 42.5 Å². The van der Waals surface area contributed by atoms with Gasteiger partial charge in [-0.05, 0) is 61.6 Å². The van der Waals surface area contributed by atoms with Gasteiger partial charge in [-0.3, -0.25) is 0 Å². The fourth-order valence-corrected chi connectivity index (χ4v) is 3.55. The van der Waals surface area contributed by atoms with Crippen molar-refractivity contribution in [3.63, 3.8) is 0 Å². The molecule has 0 radical (unpaired) electrons. The first kappa shape index (κ1) is 19.6. The van der Waals surface area contributed by atoms with E-state index in [1.807, 2.05) is 31.2 Å². The van der Waals surface area contributed by atoms with E-state index < -0.39 is 0 Å². The molecule has 1 N–H and O–H groups in total. The lowest BCUT2D eigenvalue weighted by Crippen LogP contribution is -2.25. The Balaban J connectivity index is 1.30. The van der Waals surface area contributed by atoms with E-state index in [1.54, 1.807) is 12.3 Å². The molecule has 3 nitrogen and oxygen atoms in total. The van der Waals surface area contributed by atoms with Gasteiger partial charge in [0.15, 0.2) is 0 Å². The van der Waals surface area contributed by atoms with Gasteiger partial charge in [0.2, 0.25) is 0 Å². The van der Waals surface area contributed by atoms with Crippen molar-refractivity contribution in [2.24, 2.45) is 16.9 Å². The highest BCUT2D eigenvalue weighted by Crippen LogP contribution is 2.28. The van der Waals surface area contributed by atoms with Crippen molar-refractivity contribution in [3.05, 3.63) is 71.0 Å². The number of nitrogens with one attached hydrogen (secondary N) is 1. The molecule has 0 bridgehead atoms. The maximum atomic E-state index is 13.8. The van der Waals surface area contributed by atoms with Crippen molar-refractivity contribution in [1.82, 2.24) is 5.43 Å². The van der Waals surface area contributed by atoms with Gasteiger partial charge in [-0.15, -0.1) is 0 Å². The molecule has 27 heavy (non-hydrogen) atoms. The van der Waals surface area contributed by atoms with Crippen molar-refractivity contribution >= 4 is 6.21 Å². The molecular weight excluding hydrogens is 339 g/mol. The molecular formula is C23H29FN2O. The minimum Gasteiger partial charge on any atom is -0.376 e. The van der Waals surface area contributed by atoms with Crippen molar-refractivity contribution in [2.45, 2.75) is 39.2 Å². The Morgan fingerprint density at radius 1 is 1.07 bits per heavy atom. The van der Waals surface area contributed by atoms with Crippen LogP contribution in [0.2, 0.25) is 0 Å². The Morgan fingerprint density at radius 3 is 2.56 bits per heavy atom. The molecule has 0 amide bonds. The second kappa shape index (κ2) is 10.2. The quantitative estimate of drug-likeness (QED) is 0.521. The molecule has 1 aliphatic rings. The predicted molar refractivity (Wildman–Crippen MR) is 108 cm³/mol. The van der Waals surface area contributed by atoms with Crippen LogP contribution >= 0.6 is 0 Å². The van der Waals surface area contributed by atoms with Crippen LogP contribution in [-0.4, -0.2) is 19.4 Å². The van der Waals surface area contributed by atoms with Gasteiger partial charge in [-0.25, -0.2) is 4.39 Å². The average molecular weight is 368 g/mol. The van der Waals surface area contributed by atoms with E-state index in [9.17, 15) is 4.39 Å². The number of halogens is 1. The molecule has 0 atom stereocenters. The summed E-state index contributed by atoms with van der Waals surface area (Å²) in [5, 5.41) is 4.19. The molecule has 2 aromatic rings. The van der Waals surface area contributed by atoms with Crippen molar-refractivity contribution < 1.29 is 9.13 Å². The first-order valence-electron chi connectivity index (χ1n) is 9.84. The molecule has 2 aromatic carbocycles. The highest BCUT2D eigenvalue weighted by atomic mass is 19.1. The monoisotopic (exact) mass is 368 g/mol. The molecule has 0 heterocycles. The zero-order valence-corrected chi connectivity index (χ0v) is 16.0. The number of rotatable bonds is 8. The van der Waals surface area contributed by atoms with Gasteiger partial charge in [0.25, 0.3) is 0 Å². The second-order valence-electron chi connectivity index (χ2n) is 7.53. The molecule has 0 spiro atoms. The zero-order chi connectivity index (χ0) is 18.9. The van der Waals surface area contributed by atoms with Crippen LogP contribution in [0.1, 0.15) is 42.4 Å². The van der Waals surface area contributed by atoms with Crippen LogP contribution in [0.3, 0.4) is 0 Å².